The predicted octanol–water partition coefficient (Wildman–Crippen LogP) is 3.92. The van der Waals surface area contributed by atoms with Gasteiger partial charge in [0.1, 0.15) is 5.76 Å². The summed E-state index contributed by atoms with van der Waals surface area (Å²) in [6, 6.07) is 10.4. The third kappa shape index (κ3) is 3.89. The molecule has 0 radical (unpaired) electrons. The molecule has 0 unspecified atom stereocenters. The van der Waals surface area contributed by atoms with Crippen molar-refractivity contribution in [3.05, 3.63) is 87.8 Å². The molecule has 0 fully saturated rings. The van der Waals surface area contributed by atoms with E-state index in [2.05, 4.69) is 36.9 Å². The molecule has 0 bridgehead atoms. The Morgan fingerprint density at radius 3 is 2.63 bits per heavy atom. The monoisotopic (exact) mass is 550 g/mol. The minimum absolute atomic E-state index is 0.237. The Balaban J connectivity index is 1.96. The van der Waals surface area contributed by atoms with E-state index in [0.717, 1.165) is 10.0 Å². The number of benzene rings is 1. The Hall–Kier alpha value is -2.23. The van der Waals surface area contributed by atoms with Crippen molar-refractivity contribution in [2.75, 3.05) is 6.61 Å². The largest absolute Gasteiger partial charge is 0.463 e. The zero-order valence-electron chi connectivity index (χ0n) is 16.0. The molecule has 3 aromatic rings. The molecule has 4 rings (SSSR count). The highest BCUT2D eigenvalue weighted by Crippen LogP contribution is 2.31. The average Bonchev–Trinajstić information content (AvgIpc) is 3.24. The smallest absolute Gasteiger partial charge is 0.338 e. The zero-order valence-corrected chi connectivity index (χ0v) is 20.0. The summed E-state index contributed by atoms with van der Waals surface area (Å²) in [5.74, 6) is 0.0737. The van der Waals surface area contributed by atoms with Crippen LogP contribution in [0.3, 0.4) is 0 Å². The number of furan rings is 1. The van der Waals surface area contributed by atoms with Gasteiger partial charge in [-0.05, 0) is 59.6 Å². The Labute approximate surface area is 192 Å². The number of halogens is 2. The van der Waals surface area contributed by atoms with Crippen LogP contribution in [0.2, 0.25) is 0 Å². The number of allylic oxidation sites excluding steroid dienone is 1. The van der Waals surface area contributed by atoms with Gasteiger partial charge in [0.15, 0.2) is 9.47 Å². The molecule has 2 aromatic heterocycles. The fourth-order valence-corrected chi connectivity index (χ4v) is 4.90. The van der Waals surface area contributed by atoms with Crippen LogP contribution in [0.15, 0.2) is 71.0 Å². The van der Waals surface area contributed by atoms with Crippen molar-refractivity contribution in [3.8, 4) is 0 Å². The summed E-state index contributed by atoms with van der Waals surface area (Å²) in [6.45, 7) is 3.75. The van der Waals surface area contributed by atoms with E-state index in [0.29, 0.717) is 31.0 Å². The molecular formula is C21H16Br2N2O4S. The molecule has 1 aliphatic rings. The van der Waals surface area contributed by atoms with Gasteiger partial charge in [-0.2, -0.15) is 0 Å². The zero-order chi connectivity index (χ0) is 21.4. The van der Waals surface area contributed by atoms with Crippen molar-refractivity contribution in [1.82, 2.24) is 4.57 Å². The predicted molar refractivity (Wildman–Crippen MR) is 121 cm³/mol. The number of hydrogen-bond donors (Lipinski definition) is 0. The van der Waals surface area contributed by atoms with Crippen LogP contribution < -0.4 is 14.9 Å². The molecule has 30 heavy (non-hydrogen) atoms. The number of carbonyl (C=O) groups excluding carboxylic acids is 1. The van der Waals surface area contributed by atoms with E-state index in [1.165, 1.54) is 11.3 Å². The molecule has 1 atom stereocenters. The lowest BCUT2D eigenvalue weighted by Crippen LogP contribution is -2.39. The second-order valence-corrected chi connectivity index (χ2v) is 9.20. The van der Waals surface area contributed by atoms with E-state index in [4.69, 9.17) is 9.15 Å². The quantitative estimate of drug-likeness (QED) is 0.461. The number of fused-ring (bicyclic) bond motifs is 1. The van der Waals surface area contributed by atoms with Crippen LogP contribution >= 0.6 is 43.2 Å². The Kier molecular flexibility index (Phi) is 5.95. The minimum atomic E-state index is -0.626. The van der Waals surface area contributed by atoms with E-state index in [1.807, 2.05) is 24.3 Å². The Morgan fingerprint density at radius 1 is 1.27 bits per heavy atom. The minimum Gasteiger partial charge on any atom is -0.463 e. The molecule has 1 aliphatic heterocycles. The standard InChI is InChI=1S/C21H16Br2N2O4S/c1-3-28-20(27)17-11(2)24-21-25(18(17)12-4-6-13(22)7-5-12)19(26)15(30-21)10-14-8-9-16(23)29-14/h4-10,18H,3H2,1-2H3/b15-10-/t18-/m1/s1. The van der Waals surface area contributed by atoms with Crippen molar-refractivity contribution < 1.29 is 13.9 Å². The van der Waals surface area contributed by atoms with Crippen LogP contribution in [0.1, 0.15) is 31.2 Å². The van der Waals surface area contributed by atoms with Crippen LogP contribution in [0, 0.1) is 0 Å². The average molecular weight is 552 g/mol. The molecule has 0 amide bonds. The molecule has 0 aliphatic carbocycles. The highest BCUT2D eigenvalue weighted by Gasteiger charge is 2.33. The van der Waals surface area contributed by atoms with E-state index in [9.17, 15) is 9.59 Å². The first-order chi connectivity index (χ1) is 14.4. The summed E-state index contributed by atoms with van der Waals surface area (Å²) in [5, 5.41) is 0. The first kappa shape index (κ1) is 21.0. The van der Waals surface area contributed by atoms with Crippen molar-refractivity contribution in [2.45, 2.75) is 19.9 Å². The van der Waals surface area contributed by atoms with Crippen molar-refractivity contribution >= 4 is 55.2 Å². The summed E-state index contributed by atoms with van der Waals surface area (Å²) in [4.78, 5) is 31.2. The van der Waals surface area contributed by atoms with Crippen molar-refractivity contribution in [3.63, 3.8) is 0 Å². The molecular weight excluding hydrogens is 536 g/mol. The Bertz CT molecular complexity index is 1330. The van der Waals surface area contributed by atoms with Crippen molar-refractivity contribution in [2.24, 2.45) is 4.99 Å². The highest BCUT2D eigenvalue weighted by molar-refractivity contribution is 9.10. The van der Waals surface area contributed by atoms with E-state index in [-0.39, 0.29) is 12.2 Å². The Morgan fingerprint density at radius 2 is 2.00 bits per heavy atom. The van der Waals surface area contributed by atoms with Gasteiger partial charge in [0.2, 0.25) is 0 Å². The summed E-state index contributed by atoms with van der Waals surface area (Å²) >= 11 is 7.95. The maximum absolute atomic E-state index is 13.4. The molecule has 0 saturated carbocycles. The maximum Gasteiger partial charge on any atom is 0.338 e. The third-order valence-corrected chi connectivity index (χ3v) is 6.51. The highest BCUT2D eigenvalue weighted by atomic mass is 79.9. The van der Waals surface area contributed by atoms with E-state index in [1.54, 1.807) is 36.6 Å². The number of rotatable bonds is 4. The first-order valence-electron chi connectivity index (χ1n) is 9.09. The number of nitrogens with zero attached hydrogens (tertiary/aromatic N) is 2. The number of ether oxygens (including phenoxy) is 1. The summed E-state index contributed by atoms with van der Waals surface area (Å²) in [6.07, 6.45) is 1.68. The number of hydrogen-bond acceptors (Lipinski definition) is 6. The SMILES string of the molecule is CCOC(=O)C1=C(C)N=c2s/c(=C\c3ccc(Br)o3)c(=O)n2[C@@H]1c1ccc(Br)cc1. The van der Waals surface area contributed by atoms with Gasteiger partial charge < -0.3 is 9.15 Å². The first-order valence-corrected chi connectivity index (χ1v) is 11.5. The number of esters is 1. The normalized spacial score (nSPS) is 16.4. The second-order valence-electron chi connectivity index (χ2n) is 6.50. The molecule has 6 nitrogen and oxygen atoms in total. The molecule has 9 heteroatoms. The van der Waals surface area contributed by atoms with Gasteiger partial charge in [-0.25, -0.2) is 9.79 Å². The number of thiazole rings is 1. The molecule has 0 N–H and O–H groups in total. The molecule has 1 aromatic carbocycles. The summed E-state index contributed by atoms with van der Waals surface area (Å²) in [7, 11) is 0. The van der Waals surface area contributed by atoms with Gasteiger partial charge >= 0.3 is 5.97 Å². The number of carbonyl (C=O) groups is 1. The molecule has 0 saturated heterocycles. The molecule has 154 valence electrons. The van der Waals surface area contributed by atoms with Crippen LogP contribution in [-0.2, 0) is 9.53 Å². The summed E-state index contributed by atoms with van der Waals surface area (Å²) in [5.41, 5.74) is 1.45. The third-order valence-electron chi connectivity index (χ3n) is 4.57. The maximum atomic E-state index is 13.4. The lowest BCUT2D eigenvalue weighted by atomic mass is 9.96. The van der Waals surface area contributed by atoms with Gasteiger partial charge in [0, 0.05) is 10.5 Å². The lowest BCUT2D eigenvalue weighted by molar-refractivity contribution is -0.139. The molecule has 0 spiro atoms. The van der Waals surface area contributed by atoms with E-state index < -0.39 is 12.0 Å². The van der Waals surface area contributed by atoms with Gasteiger partial charge in [-0.15, -0.1) is 0 Å². The van der Waals surface area contributed by atoms with Crippen LogP contribution in [-0.4, -0.2) is 17.1 Å². The van der Waals surface area contributed by atoms with Crippen molar-refractivity contribution in [1.29, 1.82) is 0 Å². The van der Waals surface area contributed by atoms with Gasteiger partial charge in [-0.1, -0.05) is 39.4 Å². The van der Waals surface area contributed by atoms with Gasteiger partial charge in [0.25, 0.3) is 5.56 Å². The topological polar surface area (TPSA) is 73.8 Å². The van der Waals surface area contributed by atoms with Crippen LogP contribution in [0.5, 0.6) is 0 Å². The fourth-order valence-electron chi connectivity index (χ4n) is 3.29. The van der Waals surface area contributed by atoms with Gasteiger partial charge in [0.05, 0.1) is 28.5 Å². The van der Waals surface area contributed by atoms with Crippen LogP contribution in [0.4, 0.5) is 0 Å². The number of aromatic nitrogens is 1. The lowest BCUT2D eigenvalue weighted by Gasteiger charge is -2.24. The molecule has 3 heterocycles. The summed E-state index contributed by atoms with van der Waals surface area (Å²) < 4.78 is 14.3. The van der Waals surface area contributed by atoms with Crippen LogP contribution in [0.25, 0.3) is 6.08 Å². The second kappa shape index (κ2) is 8.49. The van der Waals surface area contributed by atoms with E-state index >= 15 is 0 Å². The van der Waals surface area contributed by atoms with Gasteiger partial charge in [-0.3, -0.25) is 9.36 Å². The fraction of sp³-hybridized carbons (Fsp3) is 0.190.